The quantitative estimate of drug-likeness (QED) is 0.814. The Labute approximate surface area is 165 Å². The van der Waals surface area contributed by atoms with E-state index < -0.39 is 0 Å². The number of anilines is 2. The third-order valence-corrected chi connectivity index (χ3v) is 6.13. The lowest BCUT2D eigenvalue weighted by atomic mass is 9.83. The Hall–Kier alpha value is -2.72. The summed E-state index contributed by atoms with van der Waals surface area (Å²) in [6.45, 7) is 4.67. The summed E-state index contributed by atoms with van der Waals surface area (Å²) in [7, 11) is 0. The monoisotopic (exact) mass is 376 g/mol. The van der Waals surface area contributed by atoms with Gasteiger partial charge in [0.05, 0.1) is 24.5 Å². The van der Waals surface area contributed by atoms with Crippen LogP contribution >= 0.6 is 0 Å². The third-order valence-electron chi connectivity index (χ3n) is 6.13. The van der Waals surface area contributed by atoms with Gasteiger partial charge in [0, 0.05) is 55.8 Å². The molecule has 2 fully saturated rings. The van der Waals surface area contributed by atoms with Gasteiger partial charge in [-0.25, -0.2) is 15.0 Å². The molecule has 0 bridgehead atoms. The molecule has 2 aromatic rings. The Morgan fingerprint density at radius 2 is 1.89 bits per heavy atom. The van der Waals surface area contributed by atoms with Crippen molar-refractivity contribution in [1.29, 1.82) is 5.26 Å². The molecule has 28 heavy (non-hydrogen) atoms. The first-order valence-corrected chi connectivity index (χ1v) is 10.1. The zero-order valence-corrected chi connectivity index (χ0v) is 16.0. The highest BCUT2D eigenvalue weighted by Crippen LogP contribution is 2.36. The number of hydrogen-bond donors (Lipinski definition) is 0. The molecule has 2 aliphatic heterocycles. The normalized spacial score (nSPS) is 19.7. The van der Waals surface area contributed by atoms with Crippen LogP contribution in [0.2, 0.25) is 0 Å². The number of hydrogen-bond acceptors (Lipinski definition) is 7. The molecule has 1 saturated heterocycles. The molecule has 1 saturated carbocycles. The SMILES string of the molecule is N#Cc1cc2c(nc1N1CCN(c3cc(C4CCC4)ncn3)CC1)CCOC2. The molecule has 0 unspecified atom stereocenters. The Morgan fingerprint density at radius 1 is 1.07 bits per heavy atom. The van der Waals surface area contributed by atoms with E-state index in [1.807, 2.05) is 6.07 Å². The van der Waals surface area contributed by atoms with Gasteiger partial charge < -0.3 is 14.5 Å². The minimum atomic E-state index is 0.558. The Kier molecular flexibility index (Phi) is 4.57. The fraction of sp³-hybridized carbons (Fsp3) is 0.524. The van der Waals surface area contributed by atoms with Crippen molar-refractivity contribution in [2.24, 2.45) is 0 Å². The van der Waals surface area contributed by atoms with E-state index in [0.29, 0.717) is 24.7 Å². The van der Waals surface area contributed by atoms with Crippen LogP contribution in [0.5, 0.6) is 0 Å². The third kappa shape index (κ3) is 3.18. The Morgan fingerprint density at radius 3 is 2.64 bits per heavy atom. The highest BCUT2D eigenvalue weighted by Gasteiger charge is 2.25. The lowest BCUT2D eigenvalue weighted by Crippen LogP contribution is -2.47. The minimum absolute atomic E-state index is 0.558. The van der Waals surface area contributed by atoms with Crippen LogP contribution in [-0.2, 0) is 17.8 Å². The van der Waals surface area contributed by atoms with Crippen molar-refractivity contribution < 1.29 is 4.74 Å². The van der Waals surface area contributed by atoms with E-state index in [9.17, 15) is 5.26 Å². The zero-order chi connectivity index (χ0) is 18.9. The van der Waals surface area contributed by atoms with E-state index in [1.165, 1.54) is 25.0 Å². The van der Waals surface area contributed by atoms with E-state index in [-0.39, 0.29) is 0 Å². The van der Waals surface area contributed by atoms with E-state index in [2.05, 4.69) is 31.9 Å². The van der Waals surface area contributed by atoms with Gasteiger partial charge >= 0.3 is 0 Å². The molecule has 0 spiro atoms. The number of nitriles is 1. The second-order valence-electron chi connectivity index (χ2n) is 7.78. The van der Waals surface area contributed by atoms with Crippen LogP contribution in [0.25, 0.3) is 0 Å². The predicted octanol–water partition coefficient (Wildman–Crippen LogP) is 2.41. The van der Waals surface area contributed by atoms with Gasteiger partial charge in [-0.05, 0) is 18.9 Å². The van der Waals surface area contributed by atoms with Crippen molar-refractivity contribution in [3.8, 4) is 6.07 Å². The number of piperazine rings is 1. The van der Waals surface area contributed by atoms with Crippen LogP contribution in [0.3, 0.4) is 0 Å². The number of nitrogens with zero attached hydrogens (tertiary/aromatic N) is 6. The number of rotatable bonds is 3. The number of fused-ring (bicyclic) bond motifs is 1. The average molecular weight is 376 g/mol. The van der Waals surface area contributed by atoms with Gasteiger partial charge in [0.15, 0.2) is 0 Å². The molecular formula is C21H24N6O. The minimum Gasteiger partial charge on any atom is -0.376 e. The molecule has 0 radical (unpaired) electrons. The fourth-order valence-electron chi connectivity index (χ4n) is 4.21. The first-order valence-electron chi connectivity index (χ1n) is 10.1. The Bertz CT molecular complexity index is 912. The smallest absolute Gasteiger partial charge is 0.146 e. The molecule has 1 aliphatic carbocycles. The molecule has 0 N–H and O–H groups in total. The summed E-state index contributed by atoms with van der Waals surface area (Å²) in [6, 6.07) is 6.45. The maximum absolute atomic E-state index is 9.61. The highest BCUT2D eigenvalue weighted by molar-refractivity contribution is 5.57. The molecule has 0 atom stereocenters. The summed E-state index contributed by atoms with van der Waals surface area (Å²) < 4.78 is 5.50. The number of ether oxygens (including phenoxy) is 1. The second kappa shape index (κ2) is 7.36. The predicted molar refractivity (Wildman–Crippen MR) is 105 cm³/mol. The molecule has 3 aliphatic rings. The van der Waals surface area contributed by atoms with Crippen LogP contribution in [0.4, 0.5) is 11.6 Å². The molecule has 5 rings (SSSR count). The van der Waals surface area contributed by atoms with Gasteiger partial charge in [0.1, 0.15) is 24.0 Å². The fourth-order valence-corrected chi connectivity index (χ4v) is 4.21. The van der Waals surface area contributed by atoms with E-state index in [0.717, 1.165) is 55.5 Å². The molecular weight excluding hydrogens is 352 g/mol. The first-order chi connectivity index (χ1) is 13.8. The largest absolute Gasteiger partial charge is 0.376 e. The van der Waals surface area contributed by atoms with Crippen molar-refractivity contribution >= 4 is 11.6 Å². The maximum atomic E-state index is 9.61. The van der Waals surface area contributed by atoms with Gasteiger partial charge in [-0.3, -0.25) is 0 Å². The number of aromatic nitrogens is 3. The molecule has 4 heterocycles. The number of pyridine rings is 1. The molecule has 7 heteroatoms. The molecule has 0 amide bonds. The standard InChI is InChI=1S/C21H24N6O/c22-12-16-10-17-13-28-9-4-18(17)25-21(16)27-7-5-26(6-8-27)20-11-19(23-14-24-20)15-2-1-3-15/h10-11,14-15H,1-9,13H2. The molecule has 2 aromatic heterocycles. The van der Waals surface area contributed by atoms with Crippen LogP contribution in [0.15, 0.2) is 18.5 Å². The van der Waals surface area contributed by atoms with Crippen molar-refractivity contribution in [3.05, 3.63) is 41.0 Å². The summed E-state index contributed by atoms with van der Waals surface area (Å²) in [5.74, 6) is 2.46. The summed E-state index contributed by atoms with van der Waals surface area (Å²) in [6.07, 6.45) is 6.32. The van der Waals surface area contributed by atoms with Crippen molar-refractivity contribution in [3.63, 3.8) is 0 Å². The maximum Gasteiger partial charge on any atom is 0.146 e. The topological polar surface area (TPSA) is 78.2 Å². The van der Waals surface area contributed by atoms with Crippen molar-refractivity contribution in [2.45, 2.75) is 38.2 Å². The highest BCUT2D eigenvalue weighted by atomic mass is 16.5. The van der Waals surface area contributed by atoms with Crippen molar-refractivity contribution in [2.75, 3.05) is 42.6 Å². The van der Waals surface area contributed by atoms with Gasteiger partial charge in [0.25, 0.3) is 0 Å². The Balaban J connectivity index is 1.32. The molecule has 0 aromatic carbocycles. The van der Waals surface area contributed by atoms with Crippen LogP contribution in [0.1, 0.15) is 47.7 Å². The van der Waals surface area contributed by atoms with Crippen LogP contribution in [-0.4, -0.2) is 47.7 Å². The summed E-state index contributed by atoms with van der Waals surface area (Å²) in [5, 5.41) is 9.61. The van der Waals surface area contributed by atoms with E-state index >= 15 is 0 Å². The summed E-state index contributed by atoms with van der Waals surface area (Å²) >= 11 is 0. The van der Waals surface area contributed by atoms with E-state index in [4.69, 9.17) is 9.72 Å². The van der Waals surface area contributed by atoms with Gasteiger partial charge in [-0.2, -0.15) is 5.26 Å². The van der Waals surface area contributed by atoms with Crippen LogP contribution < -0.4 is 9.80 Å². The lowest BCUT2D eigenvalue weighted by molar-refractivity contribution is 0.109. The average Bonchev–Trinajstić information content (AvgIpc) is 2.72. The summed E-state index contributed by atoms with van der Waals surface area (Å²) in [4.78, 5) is 18.4. The van der Waals surface area contributed by atoms with Gasteiger partial charge in [-0.1, -0.05) is 6.42 Å². The van der Waals surface area contributed by atoms with Crippen molar-refractivity contribution in [1.82, 2.24) is 15.0 Å². The van der Waals surface area contributed by atoms with Gasteiger partial charge in [0.2, 0.25) is 0 Å². The first kappa shape index (κ1) is 17.4. The summed E-state index contributed by atoms with van der Waals surface area (Å²) in [5.41, 5.74) is 3.95. The zero-order valence-electron chi connectivity index (χ0n) is 16.0. The molecule has 144 valence electrons. The second-order valence-corrected chi connectivity index (χ2v) is 7.78. The lowest BCUT2D eigenvalue weighted by Gasteiger charge is -2.37. The molecule has 7 nitrogen and oxygen atoms in total. The van der Waals surface area contributed by atoms with E-state index in [1.54, 1.807) is 6.33 Å². The van der Waals surface area contributed by atoms with Crippen LogP contribution in [0, 0.1) is 11.3 Å². The van der Waals surface area contributed by atoms with Gasteiger partial charge in [-0.15, -0.1) is 0 Å².